The highest BCUT2D eigenvalue weighted by molar-refractivity contribution is 7.99. The monoisotopic (exact) mass is 470 g/mol. The van der Waals surface area contributed by atoms with E-state index in [9.17, 15) is 14.9 Å². The van der Waals surface area contributed by atoms with E-state index in [0.717, 1.165) is 9.79 Å². The number of methoxy groups -OCH3 is 1. The van der Waals surface area contributed by atoms with Gasteiger partial charge in [0.1, 0.15) is 5.69 Å². The van der Waals surface area contributed by atoms with E-state index in [1.54, 1.807) is 25.4 Å². The maximum atomic E-state index is 11.8. The molecule has 2 aromatic carbocycles. The fourth-order valence-electron chi connectivity index (χ4n) is 2.41. The van der Waals surface area contributed by atoms with Gasteiger partial charge in [0.2, 0.25) is 18.1 Å². The first kappa shape index (κ1) is 25.0. The van der Waals surface area contributed by atoms with Crippen molar-refractivity contribution in [3.05, 3.63) is 58.6 Å². The SMILES string of the molecule is COC(=O)NC(=NCCN(C)C(N)=NC#N)Nc1cc(Sc2ccccc2)ccc1[N+](=O)[O-]. The number of aliphatic imine (C=N–C) groups is 2. The van der Waals surface area contributed by atoms with Gasteiger partial charge in [-0.15, -0.1) is 4.99 Å². The summed E-state index contributed by atoms with van der Waals surface area (Å²) in [5.74, 6) is -0.0552. The maximum Gasteiger partial charge on any atom is 0.413 e. The fourth-order valence-corrected chi connectivity index (χ4v) is 3.29. The lowest BCUT2D eigenvalue weighted by Gasteiger charge is -2.16. The first-order chi connectivity index (χ1) is 15.8. The molecule has 33 heavy (non-hydrogen) atoms. The van der Waals surface area contributed by atoms with Gasteiger partial charge in [-0.3, -0.25) is 20.4 Å². The maximum absolute atomic E-state index is 11.8. The summed E-state index contributed by atoms with van der Waals surface area (Å²) in [6.07, 6.45) is 0.779. The number of guanidine groups is 2. The number of likely N-dealkylation sites (N-methyl/N-ethyl adjacent to an activating group) is 1. The summed E-state index contributed by atoms with van der Waals surface area (Å²) in [6, 6.07) is 14.1. The van der Waals surface area contributed by atoms with E-state index in [-0.39, 0.29) is 36.4 Å². The van der Waals surface area contributed by atoms with Crippen LogP contribution in [0.1, 0.15) is 0 Å². The molecule has 0 bridgehead atoms. The number of nitrogens with one attached hydrogen (secondary N) is 2. The number of carbonyl (C=O) groups excluding carboxylic acids is 1. The molecule has 0 aliphatic heterocycles. The van der Waals surface area contributed by atoms with Crippen molar-refractivity contribution < 1.29 is 14.5 Å². The van der Waals surface area contributed by atoms with Crippen molar-refractivity contribution in [3.8, 4) is 6.19 Å². The minimum atomic E-state index is -0.808. The summed E-state index contributed by atoms with van der Waals surface area (Å²) in [5, 5.41) is 25.3. The molecule has 2 aromatic rings. The second kappa shape index (κ2) is 12.5. The van der Waals surface area contributed by atoms with Gasteiger partial charge in [0.05, 0.1) is 18.6 Å². The second-order valence-corrected chi connectivity index (χ2v) is 7.46. The van der Waals surface area contributed by atoms with Crippen molar-refractivity contribution in [1.82, 2.24) is 10.2 Å². The zero-order chi connectivity index (χ0) is 24.2. The Balaban J connectivity index is 2.27. The molecule has 0 saturated heterocycles. The van der Waals surface area contributed by atoms with Crippen molar-refractivity contribution in [2.45, 2.75) is 9.79 Å². The van der Waals surface area contributed by atoms with Crippen LogP contribution < -0.4 is 16.4 Å². The van der Waals surface area contributed by atoms with Crippen LogP contribution in [0.4, 0.5) is 16.2 Å². The van der Waals surface area contributed by atoms with E-state index < -0.39 is 11.0 Å². The zero-order valence-electron chi connectivity index (χ0n) is 17.9. The molecule has 1 amide bonds. The van der Waals surface area contributed by atoms with E-state index in [0.29, 0.717) is 0 Å². The fraction of sp³-hybridized carbons (Fsp3) is 0.200. The van der Waals surface area contributed by atoms with Crippen LogP contribution in [0.5, 0.6) is 0 Å². The van der Waals surface area contributed by atoms with Crippen LogP contribution >= 0.6 is 11.8 Å². The Morgan fingerprint density at radius 3 is 2.67 bits per heavy atom. The number of anilines is 1. The van der Waals surface area contributed by atoms with E-state index in [2.05, 4.69) is 25.4 Å². The number of carbonyl (C=O) groups is 1. The molecular formula is C20H22N8O4S. The molecule has 0 fully saturated rings. The lowest BCUT2D eigenvalue weighted by atomic mass is 10.2. The van der Waals surface area contributed by atoms with Crippen LogP contribution in [0, 0.1) is 21.6 Å². The van der Waals surface area contributed by atoms with Crippen LogP contribution in [0.3, 0.4) is 0 Å². The minimum Gasteiger partial charge on any atom is -0.453 e. The lowest BCUT2D eigenvalue weighted by Crippen LogP contribution is -2.38. The molecule has 13 heteroatoms. The molecule has 0 atom stereocenters. The van der Waals surface area contributed by atoms with Crippen LogP contribution in [-0.2, 0) is 4.74 Å². The second-order valence-electron chi connectivity index (χ2n) is 6.31. The molecule has 0 aromatic heterocycles. The zero-order valence-corrected chi connectivity index (χ0v) is 18.7. The first-order valence-corrected chi connectivity index (χ1v) is 10.3. The van der Waals surface area contributed by atoms with E-state index >= 15 is 0 Å². The van der Waals surface area contributed by atoms with E-state index in [4.69, 9.17) is 11.0 Å². The normalized spacial score (nSPS) is 11.3. The number of nitriles is 1. The largest absolute Gasteiger partial charge is 0.453 e. The Hall–Kier alpha value is -4.31. The molecule has 2 rings (SSSR count). The number of amides is 1. The quantitative estimate of drug-likeness (QED) is 0.181. The summed E-state index contributed by atoms with van der Waals surface area (Å²) < 4.78 is 4.60. The number of rotatable bonds is 7. The molecule has 0 saturated carbocycles. The van der Waals surface area contributed by atoms with Crippen LogP contribution in [-0.4, -0.2) is 55.1 Å². The number of nitrogens with two attached hydrogens (primary N) is 1. The minimum absolute atomic E-state index is 0.00409. The van der Waals surface area contributed by atoms with Crippen molar-refractivity contribution >= 4 is 41.1 Å². The highest BCUT2D eigenvalue weighted by Gasteiger charge is 2.17. The molecule has 0 unspecified atom stereocenters. The summed E-state index contributed by atoms with van der Waals surface area (Å²) in [5.41, 5.74) is 5.56. The lowest BCUT2D eigenvalue weighted by molar-refractivity contribution is -0.383. The molecule has 0 aliphatic rings. The standard InChI is InChI=1S/C20H22N8O4S/c1-27(18(22)24-13-21)11-10-23-19(26-20(29)32-2)25-16-12-15(8-9-17(16)28(30)31)33-14-6-4-3-5-7-14/h3-9,12H,10-11H2,1-2H3,(H2,22,24)(H2,23,25,26,29). The predicted octanol–water partition coefficient (Wildman–Crippen LogP) is 2.60. The van der Waals surface area contributed by atoms with Gasteiger partial charge in [-0.2, -0.15) is 5.26 Å². The third-order valence-corrected chi connectivity index (χ3v) is 5.06. The first-order valence-electron chi connectivity index (χ1n) is 9.45. The smallest absolute Gasteiger partial charge is 0.413 e. The Morgan fingerprint density at radius 2 is 2.03 bits per heavy atom. The average Bonchev–Trinajstić information content (AvgIpc) is 2.79. The number of alkyl carbamates (subject to hydrolysis) is 1. The number of hydrogen-bond acceptors (Lipinski definition) is 8. The van der Waals surface area contributed by atoms with Gasteiger partial charge in [0, 0.05) is 29.4 Å². The molecule has 0 radical (unpaired) electrons. The third kappa shape index (κ3) is 8.04. The molecule has 0 spiro atoms. The number of benzene rings is 2. The van der Waals surface area contributed by atoms with Gasteiger partial charge >= 0.3 is 6.09 Å². The number of nitro benzene ring substituents is 1. The number of ether oxygens (including phenoxy) is 1. The van der Waals surface area contributed by atoms with E-state index in [1.165, 1.54) is 29.8 Å². The Labute approximate surface area is 194 Å². The molecule has 172 valence electrons. The highest BCUT2D eigenvalue weighted by atomic mass is 32.2. The van der Waals surface area contributed by atoms with Gasteiger partial charge in [-0.25, -0.2) is 4.79 Å². The number of nitro groups is 1. The van der Waals surface area contributed by atoms with E-state index in [1.807, 2.05) is 30.3 Å². The Morgan fingerprint density at radius 1 is 1.30 bits per heavy atom. The van der Waals surface area contributed by atoms with Gasteiger partial charge in [0.25, 0.3) is 5.69 Å². The highest BCUT2D eigenvalue weighted by Crippen LogP contribution is 2.33. The number of nitrogens with zero attached hydrogens (tertiary/aromatic N) is 5. The van der Waals surface area contributed by atoms with Crippen LogP contribution in [0.25, 0.3) is 0 Å². The van der Waals surface area contributed by atoms with Gasteiger partial charge in [-0.05, 0) is 24.3 Å². The summed E-state index contributed by atoms with van der Waals surface area (Å²) >= 11 is 1.42. The average molecular weight is 471 g/mol. The molecule has 0 aliphatic carbocycles. The van der Waals surface area contributed by atoms with Crippen molar-refractivity contribution in [2.24, 2.45) is 15.7 Å². The van der Waals surface area contributed by atoms with Crippen molar-refractivity contribution in [2.75, 3.05) is 32.6 Å². The van der Waals surface area contributed by atoms with Crippen molar-refractivity contribution in [1.29, 1.82) is 5.26 Å². The van der Waals surface area contributed by atoms with Gasteiger partial charge < -0.3 is 20.7 Å². The molecule has 0 heterocycles. The topological polar surface area (TPSA) is 171 Å². The number of hydrogen-bond donors (Lipinski definition) is 3. The third-order valence-electron chi connectivity index (χ3n) is 4.06. The van der Waals surface area contributed by atoms with Crippen LogP contribution in [0.15, 0.2) is 68.3 Å². The van der Waals surface area contributed by atoms with Gasteiger partial charge in [-0.1, -0.05) is 30.0 Å². The van der Waals surface area contributed by atoms with Crippen LogP contribution in [0.2, 0.25) is 0 Å². The Kier molecular flexibility index (Phi) is 9.47. The summed E-state index contributed by atoms with van der Waals surface area (Å²) in [4.78, 5) is 33.6. The molecule has 12 nitrogen and oxygen atoms in total. The Bertz CT molecular complexity index is 1090. The van der Waals surface area contributed by atoms with Crippen molar-refractivity contribution in [3.63, 3.8) is 0 Å². The summed E-state index contributed by atoms with van der Waals surface area (Å²) in [7, 11) is 2.79. The molecule has 4 N–H and O–H groups in total. The predicted molar refractivity (Wildman–Crippen MR) is 125 cm³/mol. The summed E-state index contributed by atoms with van der Waals surface area (Å²) in [6.45, 7) is 0.383. The molecular weight excluding hydrogens is 448 g/mol. The van der Waals surface area contributed by atoms with Gasteiger partial charge in [0.15, 0.2) is 0 Å².